The molecule has 1 aromatic heterocycles. The molecule has 2 N–H and O–H groups in total. The van der Waals surface area contributed by atoms with Crippen LogP contribution >= 0.6 is 0 Å². The van der Waals surface area contributed by atoms with Crippen molar-refractivity contribution in [1.82, 2.24) is 14.8 Å². The number of hydrogen-bond acceptors (Lipinski definition) is 5. The van der Waals surface area contributed by atoms with Crippen LogP contribution in [0, 0.1) is 13.8 Å². The number of carbonyl (C=O) groups is 1. The van der Waals surface area contributed by atoms with Crippen LogP contribution in [0.5, 0.6) is 0 Å². The van der Waals surface area contributed by atoms with E-state index in [2.05, 4.69) is 10.1 Å². The van der Waals surface area contributed by atoms with Crippen molar-refractivity contribution in [2.24, 2.45) is 5.73 Å². The van der Waals surface area contributed by atoms with Gasteiger partial charge in [-0.2, -0.15) is 5.10 Å². The van der Waals surface area contributed by atoms with Crippen molar-refractivity contribution in [3.05, 3.63) is 47.5 Å². The lowest BCUT2D eigenvalue weighted by molar-refractivity contribution is -0.148. The quantitative estimate of drug-likeness (QED) is 0.838. The molecular weight excluding hydrogens is 256 g/mol. The second kappa shape index (κ2) is 5.42. The van der Waals surface area contributed by atoms with Gasteiger partial charge in [-0.05, 0) is 19.4 Å². The summed E-state index contributed by atoms with van der Waals surface area (Å²) in [5, 5.41) is 4.26. The highest BCUT2D eigenvalue weighted by Gasteiger charge is 2.38. The molecule has 20 heavy (non-hydrogen) atoms. The van der Waals surface area contributed by atoms with E-state index in [-0.39, 0.29) is 6.54 Å². The van der Waals surface area contributed by atoms with Gasteiger partial charge in [-0.3, -0.25) is 0 Å². The summed E-state index contributed by atoms with van der Waals surface area (Å²) in [4.78, 5) is 16.4. The molecule has 0 amide bonds. The first-order valence-electron chi connectivity index (χ1n) is 6.28. The van der Waals surface area contributed by atoms with Crippen molar-refractivity contribution < 1.29 is 9.53 Å². The normalized spacial score (nSPS) is 13.8. The van der Waals surface area contributed by atoms with E-state index in [4.69, 9.17) is 10.5 Å². The maximum Gasteiger partial charge on any atom is 0.332 e. The van der Waals surface area contributed by atoms with Crippen LogP contribution in [0.15, 0.2) is 30.3 Å². The SMILES string of the molecule is COC(=O)C(N)(Cn1nc(C)nc1C)c1ccccc1. The van der Waals surface area contributed by atoms with E-state index in [9.17, 15) is 4.79 Å². The van der Waals surface area contributed by atoms with Gasteiger partial charge in [0.25, 0.3) is 0 Å². The standard InChI is InChI=1S/C14H18N4O2/c1-10-16-11(2)18(17-10)9-14(15,13(19)20-3)12-7-5-4-6-8-12/h4-8H,9,15H2,1-3H3. The van der Waals surface area contributed by atoms with Crippen molar-refractivity contribution in [2.75, 3.05) is 7.11 Å². The average Bonchev–Trinajstić information content (AvgIpc) is 2.76. The number of ether oxygens (including phenoxy) is 1. The van der Waals surface area contributed by atoms with Crippen molar-refractivity contribution in [2.45, 2.75) is 25.9 Å². The minimum atomic E-state index is -1.29. The van der Waals surface area contributed by atoms with E-state index < -0.39 is 11.5 Å². The number of aromatic nitrogens is 3. The molecule has 1 atom stereocenters. The van der Waals surface area contributed by atoms with Gasteiger partial charge in [-0.1, -0.05) is 30.3 Å². The van der Waals surface area contributed by atoms with Crippen molar-refractivity contribution in [3.63, 3.8) is 0 Å². The average molecular weight is 274 g/mol. The molecule has 0 aliphatic carbocycles. The lowest BCUT2D eigenvalue weighted by Crippen LogP contribution is -2.49. The van der Waals surface area contributed by atoms with Gasteiger partial charge in [0.2, 0.25) is 0 Å². The molecule has 1 unspecified atom stereocenters. The fraction of sp³-hybridized carbons (Fsp3) is 0.357. The summed E-state index contributed by atoms with van der Waals surface area (Å²) in [6.45, 7) is 3.79. The van der Waals surface area contributed by atoms with Crippen LogP contribution in [-0.2, 0) is 21.6 Å². The number of methoxy groups -OCH3 is 1. The third-order valence-electron chi connectivity index (χ3n) is 3.20. The lowest BCUT2D eigenvalue weighted by Gasteiger charge is -2.27. The number of carbonyl (C=O) groups excluding carboxylic acids is 1. The van der Waals surface area contributed by atoms with Gasteiger partial charge in [0.15, 0.2) is 5.54 Å². The van der Waals surface area contributed by atoms with Crippen LogP contribution in [0.25, 0.3) is 0 Å². The third kappa shape index (κ3) is 2.55. The molecule has 0 aliphatic heterocycles. The molecule has 0 spiro atoms. The van der Waals surface area contributed by atoms with Crippen LogP contribution in [0.2, 0.25) is 0 Å². The van der Waals surface area contributed by atoms with Gasteiger partial charge >= 0.3 is 5.97 Å². The predicted molar refractivity (Wildman–Crippen MR) is 73.8 cm³/mol. The minimum Gasteiger partial charge on any atom is -0.467 e. The zero-order valence-corrected chi connectivity index (χ0v) is 11.8. The largest absolute Gasteiger partial charge is 0.467 e. The molecule has 1 heterocycles. The molecule has 0 saturated carbocycles. The molecular formula is C14H18N4O2. The fourth-order valence-corrected chi connectivity index (χ4v) is 2.14. The summed E-state index contributed by atoms with van der Waals surface area (Å²) in [6, 6.07) is 9.14. The highest BCUT2D eigenvalue weighted by atomic mass is 16.5. The maximum absolute atomic E-state index is 12.1. The number of nitrogens with zero attached hydrogens (tertiary/aromatic N) is 3. The summed E-state index contributed by atoms with van der Waals surface area (Å²) < 4.78 is 6.49. The Morgan fingerprint density at radius 1 is 1.35 bits per heavy atom. The van der Waals surface area contributed by atoms with Crippen LogP contribution in [0.4, 0.5) is 0 Å². The second-order valence-corrected chi connectivity index (χ2v) is 4.69. The molecule has 0 radical (unpaired) electrons. The van der Waals surface area contributed by atoms with E-state index in [0.717, 1.165) is 0 Å². The predicted octanol–water partition coefficient (Wildman–Crippen LogP) is 0.922. The lowest BCUT2D eigenvalue weighted by atomic mass is 9.91. The first-order chi connectivity index (χ1) is 9.47. The van der Waals surface area contributed by atoms with Gasteiger partial charge in [-0.25, -0.2) is 14.5 Å². The van der Waals surface area contributed by atoms with Gasteiger partial charge in [-0.15, -0.1) is 0 Å². The Kier molecular flexibility index (Phi) is 3.85. The Hall–Kier alpha value is -2.21. The number of hydrogen-bond donors (Lipinski definition) is 1. The Bertz CT molecular complexity index is 609. The van der Waals surface area contributed by atoms with Gasteiger partial charge in [0.1, 0.15) is 11.6 Å². The highest BCUT2D eigenvalue weighted by Crippen LogP contribution is 2.22. The van der Waals surface area contributed by atoms with Crippen LogP contribution < -0.4 is 5.73 Å². The van der Waals surface area contributed by atoms with E-state index in [1.807, 2.05) is 25.1 Å². The number of rotatable bonds is 4. The summed E-state index contributed by atoms with van der Waals surface area (Å²) >= 11 is 0. The van der Waals surface area contributed by atoms with Crippen molar-refractivity contribution in [1.29, 1.82) is 0 Å². The maximum atomic E-state index is 12.1. The molecule has 106 valence electrons. The number of aryl methyl sites for hydroxylation is 2. The zero-order valence-electron chi connectivity index (χ0n) is 11.8. The third-order valence-corrected chi connectivity index (χ3v) is 3.20. The first-order valence-corrected chi connectivity index (χ1v) is 6.28. The molecule has 6 nitrogen and oxygen atoms in total. The molecule has 0 fully saturated rings. The number of nitrogens with two attached hydrogens (primary N) is 1. The molecule has 2 rings (SSSR count). The second-order valence-electron chi connectivity index (χ2n) is 4.69. The zero-order chi connectivity index (χ0) is 14.8. The fourth-order valence-electron chi connectivity index (χ4n) is 2.14. The molecule has 1 aromatic carbocycles. The summed E-state index contributed by atoms with van der Waals surface area (Å²) in [6.07, 6.45) is 0. The Morgan fingerprint density at radius 3 is 2.50 bits per heavy atom. The Labute approximate surface area is 117 Å². The van der Waals surface area contributed by atoms with Gasteiger partial charge in [0.05, 0.1) is 13.7 Å². The molecule has 0 bridgehead atoms. The number of benzene rings is 1. The topological polar surface area (TPSA) is 83.0 Å². The van der Waals surface area contributed by atoms with Gasteiger partial charge in [0, 0.05) is 0 Å². The first kappa shape index (κ1) is 14.2. The van der Waals surface area contributed by atoms with Gasteiger partial charge < -0.3 is 10.5 Å². The highest BCUT2D eigenvalue weighted by molar-refractivity contribution is 5.82. The molecule has 0 aliphatic rings. The van der Waals surface area contributed by atoms with Crippen LogP contribution in [-0.4, -0.2) is 27.8 Å². The van der Waals surface area contributed by atoms with E-state index in [1.165, 1.54) is 7.11 Å². The van der Waals surface area contributed by atoms with E-state index in [1.54, 1.807) is 23.7 Å². The summed E-state index contributed by atoms with van der Waals surface area (Å²) in [7, 11) is 1.33. The smallest absolute Gasteiger partial charge is 0.332 e. The molecule has 6 heteroatoms. The van der Waals surface area contributed by atoms with E-state index >= 15 is 0 Å². The monoisotopic (exact) mass is 274 g/mol. The van der Waals surface area contributed by atoms with Crippen molar-refractivity contribution in [3.8, 4) is 0 Å². The Balaban J connectivity index is 2.43. The summed E-state index contributed by atoms with van der Waals surface area (Å²) in [5.74, 6) is 0.844. The molecule has 2 aromatic rings. The number of esters is 1. The summed E-state index contributed by atoms with van der Waals surface area (Å²) in [5.41, 5.74) is 5.71. The van der Waals surface area contributed by atoms with Crippen LogP contribution in [0.1, 0.15) is 17.2 Å². The Morgan fingerprint density at radius 2 is 2.00 bits per heavy atom. The minimum absolute atomic E-state index is 0.177. The van der Waals surface area contributed by atoms with Crippen LogP contribution in [0.3, 0.4) is 0 Å². The van der Waals surface area contributed by atoms with Crippen molar-refractivity contribution >= 4 is 5.97 Å². The van der Waals surface area contributed by atoms with E-state index in [0.29, 0.717) is 17.2 Å². The molecule has 0 saturated heterocycles.